The largest absolute Gasteiger partial charge is 0.379 e. The van der Waals surface area contributed by atoms with E-state index in [1.54, 1.807) is 0 Å². The third-order valence-electron chi connectivity index (χ3n) is 5.38. The molecule has 10 nitrogen and oxygen atoms in total. The normalized spacial score (nSPS) is 22.9. The second kappa shape index (κ2) is 21.2. The van der Waals surface area contributed by atoms with Crippen molar-refractivity contribution in [1.29, 1.82) is 0 Å². The average molecular weight is 463 g/mol. The fourth-order valence-electron chi connectivity index (χ4n) is 3.39. The van der Waals surface area contributed by atoms with Crippen molar-refractivity contribution in [3.63, 3.8) is 0 Å². The van der Waals surface area contributed by atoms with E-state index in [1.165, 1.54) is 0 Å². The first-order valence-electron chi connectivity index (χ1n) is 12.3. The predicted octanol–water partition coefficient (Wildman–Crippen LogP) is -1.10. The molecule has 0 aromatic rings. The van der Waals surface area contributed by atoms with Gasteiger partial charge < -0.3 is 39.1 Å². The molecule has 0 unspecified atom stereocenters. The van der Waals surface area contributed by atoms with Crippen LogP contribution in [0.15, 0.2) is 0 Å². The molecule has 0 aromatic heterocycles. The summed E-state index contributed by atoms with van der Waals surface area (Å²) < 4.78 is 34.2. The van der Waals surface area contributed by atoms with Crippen LogP contribution in [0.5, 0.6) is 0 Å². The van der Waals surface area contributed by atoms with E-state index < -0.39 is 0 Å². The van der Waals surface area contributed by atoms with E-state index in [9.17, 15) is 0 Å². The molecule has 0 radical (unpaired) electrons. The molecule has 0 amide bonds. The van der Waals surface area contributed by atoms with Gasteiger partial charge in [0.25, 0.3) is 0 Å². The van der Waals surface area contributed by atoms with E-state index >= 15 is 0 Å². The smallest absolute Gasteiger partial charge is 0.0701 e. The third-order valence-corrected chi connectivity index (χ3v) is 5.38. The number of ether oxygens (including phenoxy) is 6. The molecule has 2 heterocycles. The number of hydrogen-bond donors (Lipinski definition) is 2. The highest BCUT2D eigenvalue weighted by molar-refractivity contribution is 4.60. The molecule has 2 fully saturated rings. The molecule has 0 aliphatic carbocycles. The highest BCUT2D eigenvalue weighted by Gasteiger charge is 2.08. The minimum Gasteiger partial charge on any atom is -0.379 e. The van der Waals surface area contributed by atoms with Crippen LogP contribution < -0.4 is 10.6 Å². The molecule has 2 N–H and O–H groups in total. The zero-order valence-corrected chi connectivity index (χ0v) is 19.9. The van der Waals surface area contributed by atoms with Crippen molar-refractivity contribution in [2.24, 2.45) is 0 Å². The van der Waals surface area contributed by atoms with Gasteiger partial charge in [0, 0.05) is 65.4 Å². The van der Waals surface area contributed by atoms with Crippen LogP contribution in [0.2, 0.25) is 0 Å². The third kappa shape index (κ3) is 16.2. The summed E-state index contributed by atoms with van der Waals surface area (Å²) >= 11 is 0. The van der Waals surface area contributed by atoms with Crippen molar-refractivity contribution >= 4 is 0 Å². The molecule has 10 heteroatoms. The Kier molecular flexibility index (Phi) is 18.4. The minimum atomic E-state index is 0.617. The Bertz CT molecular complexity index is 351. The predicted molar refractivity (Wildman–Crippen MR) is 124 cm³/mol. The van der Waals surface area contributed by atoms with Gasteiger partial charge in [-0.3, -0.25) is 9.80 Å². The topological polar surface area (TPSA) is 85.9 Å². The van der Waals surface area contributed by atoms with Crippen LogP contribution in [-0.4, -0.2) is 155 Å². The molecule has 2 aliphatic heterocycles. The highest BCUT2D eigenvalue weighted by atomic mass is 16.5. The Hall–Kier alpha value is -0.400. The maximum atomic E-state index is 5.78. The van der Waals surface area contributed by atoms with Crippen LogP contribution in [-0.2, 0) is 28.4 Å². The van der Waals surface area contributed by atoms with E-state index in [0.29, 0.717) is 26.4 Å². The van der Waals surface area contributed by atoms with Crippen molar-refractivity contribution in [2.75, 3.05) is 145 Å². The van der Waals surface area contributed by atoms with Gasteiger partial charge in [-0.2, -0.15) is 0 Å². The van der Waals surface area contributed by atoms with Crippen LogP contribution in [0.1, 0.15) is 0 Å². The van der Waals surface area contributed by atoms with Crippen LogP contribution in [0.3, 0.4) is 0 Å². The van der Waals surface area contributed by atoms with Crippen molar-refractivity contribution in [3.05, 3.63) is 0 Å². The van der Waals surface area contributed by atoms with Crippen LogP contribution in [0.4, 0.5) is 0 Å². The Morgan fingerprint density at radius 3 is 1.16 bits per heavy atom. The SMILES string of the molecule is C1COCCN(CCOCCOCCN2CCOCCNCCOCC2)CCOCCN1. The van der Waals surface area contributed by atoms with E-state index in [0.717, 1.165) is 118 Å². The number of nitrogens with one attached hydrogen (secondary N) is 2. The van der Waals surface area contributed by atoms with Crippen molar-refractivity contribution in [3.8, 4) is 0 Å². The summed E-state index contributed by atoms with van der Waals surface area (Å²) in [5, 5.41) is 6.60. The Morgan fingerprint density at radius 1 is 0.469 bits per heavy atom. The first-order valence-corrected chi connectivity index (χ1v) is 12.3. The molecule has 32 heavy (non-hydrogen) atoms. The monoisotopic (exact) mass is 462 g/mol. The lowest BCUT2D eigenvalue weighted by atomic mass is 10.4. The fraction of sp³-hybridized carbons (Fsp3) is 1.00. The van der Waals surface area contributed by atoms with E-state index in [4.69, 9.17) is 28.4 Å². The molecule has 2 aliphatic rings. The fourth-order valence-corrected chi connectivity index (χ4v) is 3.39. The standard InChI is InChI=1S/C22H46N4O6/c1-11-27-15-5-25(6-16-28-12-2-23-1)9-19-31-21-22-32-20-10-26-7-17-29-13-3-24-4-14-30-18-8-26/h23-24H,1-22H2. The summed E-state index contributed by atoms with van der Waals surface area (Å²) in [7, 11) is 0. The molecule has 0 spiro atoms. The number of rotatable bonds is 9. The molecule has 2 saturated heterocycles. The van der Waals surface area contributed by atoms with Gasteiger partial charge in [0.15, 0.2) is 0 Å². The first kappa shape index (κ1) is 27.8. The zero-order valence-electron chi connectivity index (χ0n) is 19.9. The van der Waals surface area contributed by atoms with Crippen molar-refractivity contribution in [2.45, 2.75) is 0 Å². The van der Waals surface area contributed by atoms with Crippen LogP contribution in [0, 0.1) is 0 Å². The van der Waals surface area contributed by atoms with Gasteiger partial charge in [0.2, 0.25) is 0 Å². The number of hydrogen-bond acceptors (Lipinski definition) is 10. The summed E-state index contributed by atoms with van der Waals surface area (Å²) in [5.74, 6) is 0. The van der Waals surface area contributed by atoms with Gasteiger partial charge in [-0.25, -0.2) is 0 Å². The lowest BCUT2D eigenvalue weighted by molar-refractivity contribution is 0.0147. The summed E-state index contributed by atoms with van der Waals surface area (Å²) in [5.41, 5.74) is 0. The van der Waals surface area contributed by atoms with Crippen LogP contribution >= 0.6 is 0 Å². The lowest BCUT2D eigenvalue weighted by Crippen LogP contribution is -2.36. The lowest BCUT2D eigenvalue weighted by Gasteiger charge is -2.23. The zero-order chi connectivity index (χ0) is 22.4. The van der Waals surface area contributed by atoms with Gasteiger partial charge in [0.1, 0.15) is 0 Å². The van der Waals surface area contributed by atoms with Gasteiger partial charge in [-0.1, -0.05) is 0 Å². The molecular weight excluding hydrogens is 416 g/mol. The van der Waals surface area contributed by atoms with Crippen LogP contribution in [0.25, 0.3) is 0 Å². The molecule has 0 saturated carbocycles. The maximum absolute atomic E-state index is 5.78. The minimum absolute atomic E-state index is 0.617. The summed E-state index contributed by atoms with van der Waals surface area (Å²) in [6.07, 6.45) is 0. The van der Waals surface area contributed by atoms with E-state index in [-0.39, 0.29) is 0 Å². The van der Waals surface area contributed by atoms with Gasteiger partial charge in [-0.05, 0) is 0 Å². The average Bonchev–Trinajstić information content (AvgIpc) is 2.78. The molecule has 190 valence electrons. The molecule has 0 bridgehead atoms. The molecule has 0 aromatic carbocycles. The quantitative estimate of drug-likeness (QED) is 0.412. The molecular formula is C22H46N4O6. The van der Waals surface area contributed by atoms with Gasteiger partial charge in [-0.15, -0.1) is 0 Å². The second-order valence-electron chi connectivity index (χ2n) is 7.86. The van der Waals surface area contributed by atoms with Gasteiger partial charge in [0.05, 0.1) is 79.3 Å². The Balaban J connectivity index is 1.46. The van der Waals surface area contributed by atoms with Crippen molar-refractivity contribution in [1.82, 2.24) is 20.4 Å². The summed E-state index contributed by atoms with van der Waals surface area (Å²) in [6, 6.07) is 0. The van der Waals surface area contributed by atoms with E-state index in [2.05, 4.69) is 20.4 Å². The summed E-state index contributed by atoms with van der Waals surface area (Å²) in [4.78, 5) is 4.68. The Morgan fingerprint density at radius 2 is 0.812 bits per heavy atom. The summed E-state index contributed by atoms with van der Waals surface area (Å²) in [6.45, 7) is 17.5. The second-order valence-corrected chi connectivity index (χ2v) is 7.86. The highest BCUT2D eigenvalue weighted by Crippen LogP contribution is 1.94. The first-order chi connectivity index (χ1) is 15.9. The maximum Gasteiger partial charge on any atom is 0.0701 e. The van der Waals surface area contributed by atoms with Crippen molar-refractivity contribution < 1.29 is 28.4 Å². The Labute approximate surface area is 194 Å². The molecule has 2 rings (SSSR count). The van der Waals surface area contributed by atoms with Gasteiger partial charge >= 0.3 is 0 Å². The number of nitrogens with zero attached hydrogens (tertiary/aromatic N) is 2. The molecule has 0 atom stereocenters. The van der Waals surface area contributed by atoms with E-state index in [1.807, 2.05) is 0 Å².